The van der Waals surface area contributed by atoms with Crippen LogP contribution in [0.2, 0.25) is 5.02 Å². The number of benzene rings is 2. The van der Waals surface area contributed by atoms with Gasteiger partial charge in [-0.05, 0) is 42.0 Å². The van der Waals surface area contributed by atoms with Gasteiger partial charge in [-0.25, -0.2) is 21.6 Å². The summed E-state index contributed by atoms with van der Waals surface area (Å²) >= 11 is 6.07. The van der Waals surface area contributed by atoms with Gasteiger partial charge in [0.1, 0.15) is 4.90 Å². The second-order valence-corrected chi connectivity index (χ2v) is 10.9. The third kappa shape index (κ3) is 4.11. The highest BCUT2D eigenvalue weighted by atomic mass is 35.5. The van der Waals surface area contributed by atoms with Crippen LogP contribution in [0.4, 0.5) is 0 Å². The Morgan fingerprint density at radius 3 is 2.23 bits per heavy atom. The summed E-state index contributed by atoms with van der Waals surface area (Å²) in [5.74, 6) is 0.616. The fourth-order valence-electron chi connectivity index (χ4n) is 3.03. The van der Waals surface area contributed by atoms with Gasteiger partial charge >= 0.3 is 0 Å². The van der Waals surface area contributed by atoms with Crippen molar-refractivity contribution in [2.45, 2.75) is 29.2 Å². The van der Waals surface area contributed by atoms with Crippen molar-refractivity contribution >= 4 is 31.5 Å². The number of sulfonamides is 1. The highest BCUT2D eigenvalue weighted by Crippen LogP contribution is 2.47. The van der Waals surface area contributed by atoms with E-state index >= 15 is 0 Å². The second-order valence-electron chi connectivity index (χ2n) is 6.75. The zero-order valence-electron chi connectivity index (χ0n) is 14.4. The SMILES string of the molecule is CC1CC1C(NS(=O)(=O)c1cc(S(C)(=O)=O)ccc1Cl)c1ccccc1. The maximum Gasteiger partial charge on any atom is 0.242 e. The van der Waals surface area contributed by atoms with Gasteiger partial charge in [0.15, 0.2) is 9.84 Å². The van der Waals surface area contributed by atoms with Crippen molar-refractivity contribution in [1.82, 2.24) is 4.72 Å². The molecule has 5 nitrogen and oxygen atoms in total. The molecule has 3 unspecified atom stereocenters. The van der Waals surface area contributed by atoms with Gasteiger partial charge in [-0.15, -0.1) is 0 Å². The minimum atomic E-state index is -4.00. The fraction of sp³-hybridized carbons (Fsp3) is 0.333. The third-order valence-corrected chi connectivity index (χ3v) is 7.69. The summed E-state index contributed by atoms with van der Waals surface area (Å²) in [7, 11) is -7.54. The van der Waals surface area contributed by atoms with Crippen molar-refractivity contribution < 1.29 is 16.8 Å². The number of nitrogens with one attached hydrogen (secondary N) is 1. The summed E-state index contributed by atoms with van der Waals surface area (Å²) in [5, 5.41) is -0.0134. The van der Waals surface area contributed by atoms with E-state index in [2.05, 4.69) is 11.6 Å². The van der Waals surface area contributed by atoms with Crippen molar-refractivity contribution in [2.24, 2.45) is 11.8 Å². The molecule has 8 heteroatoms. The van der Waals surface area contributed by atoms with E-state index in [9.17, 15) is 16.8 Å². The lowest BCUT2D eigenvalue weighted by Crippen LogP contribution is -2.30. The van der Waals surface area contributed by atoms with Crippen LogP contribution >= 0.6 is 11.6 Å². The number of halogens is 1. The number of sulfone groups is 1. The van der Waals surface area contributed by atoms with E-state index < -0.39 is 19.9 Å². The summed E-state index contributed by atoms with van der Waals surface area (Å²) in [6.07, 6.45) is 1.96. The van der Waals surface area contributed by atoms with Gasteiger partial charge < -0.3 is 0 Å². The minimum Gasteiger partial charge on any atom is -0.224 e. The van der Waals surface area contributed by atoms with E-state index in [0.29, 0.717) is 5.92 Å². The molecule has 1 aliphatic rings. The smallest absolute Gasteiger partial charge is 0.224 e. The first-order chi connectivity index (χ1) is 12.1. The van der Waals surface area contributed by atoms with E-state index in [1.54, 1.807) is 0 Å². The quantitative estimate of drug-likeness (QED) is 0.786. The molecule has 0 saturated heterocycles. The molecule has 0 spiro atoms. The highest BCUT2D eigenvalue weighted by Gasteiger charge is 2.42. The Bertz CT molecular complexity index is 1020. The van der Waals surface area contributed by atoms with Crippen LogP contribution in [-0.4, -0.2) is 23.1 Å². The summed E-state index contributed by atoms with van der Waals surface area (Å²) in [4.78, 5) is -0.311. The molecule has 1 fully saturated rings. The summed E-state index contributed by atoms with van der Waals surface area (Å²) in [6.45, 7) is 2.08. The molecule has 0 aliphatic heterocycles. The van der Waals surface area contributed by atoms with Gasteiger partial charge in [-0.2, -0.15) is 0 Å². The molecule has 1 N–H and O–H groups in total. The Labute approximate surface area is 159 Å². The molecule has 0 radical (unpaired) electrons. The summed E-state index contributed by atoms with van der Waals surface area (Å²) < 4.78 is 52.2. The first-order valence-electron chi connectivity index (χ1n) is 8.16. The van der Waals surface area contributed by atoms with Crippen LogP contribution < -0.4 is 4.72 Å². The van der Waals surface area contributed by atoms with Gasteiger partial charge in [0.2, 0.25) is 10.0 Å². The predicted molar refractivity (Wildman–Crippen MR) is 101 cm³/mol. The fourth-order valence-corrected chi connectivity index (χ4v) is 5.55. The first-order valence-corrected chi connectivity index (χ1v) is 11.9. The van der Waals surface area contributed by atoms with Crippen molar-refractivity contribution in [2.75, 3.05) is 6.26 Å². The molecule has 0 heterocycles. The Balaban J connectivity index is 2.00. The van der Waals surface area contributed by atoms with Gasteiger partial charge in [0.05, 0.1) is 16.0 Å². The lowest BCUT2D eigenvalue weighted by atomic mass is 10.0. The second kappa shape index (κ2) is 6.96. The monoisotopic (exact) mass is 413 g/mol. The molecule has 1 saturated carbocycles. The zero-order chi connectivity index (χ0) is 19.1. The Morgan fingerprint density at radius 2 is 1.69 bits per heavy atom. The molecule has 26 heavy (non-hydrogen) atoms. The number of hydrogen-bond donors (Lipinski definition) is 1. The van der Waals surface area contributed by atoms with Crippen LogP contribution in [0.25, 0.3) is 0 Å². The molecular weight excluding hydrogens is 394 g/mol. The maximum absolute atomic E-state index is 13.0. The van der Waals surface area contributed by atoms with Crippen LogP contribution in [0.3, 0.4) is 0 Å². The standard InChI is InChI=1S/C18H20ClNO4S2/c1-12-10-15(12)18(13-6-4-3-5-7-13)20-26(23,24)17-11-14(25(2,21)22)8-9-16(17)19/h3-9,11-12,15,18,20H,10H2,1-2H3. The van der Waals surface area contributed by atoms with Crippen LogP contribution in [0.5, 0.6) is 0 Å². The van der Waals surface area contributed by atoms with Crippen molar-refractivity contribution in [3.8, 4) is 0 Å². The zero-order valence-corrected chi connectivity index (χ0v) is 16.8. The van der Waals surface area contributed by atoms with Crippen LogP contribution in [0.15, 0.2) is 58.3 Å². The van der Waals surface area contributed by atoms with Crippen LogP contribution in [0, 0.1) is 11.8 Å². The van der Waals surface area contributed by atoms with E-state index in [-0.39, 0.29) is 26.8 Å². The molecule has 2 aromatic carbocycles. The highest BCUT2D eigenvalue weighted by molar-refractivity contribution is 7.91. The largest absolute Gasteiger partial charge is 0.242 e. The molecular formula is C18H20ClNO4S2. The van der Waals surface area contributed by atoms with Crippen LogP contribution in [-0.2, 0) is 19.9 Å². The molecule has 0 aromatic heterocycles. The lowest BCUT2D eigenvalue weighted by molar-refractivity contribution is 0.513. The van der Waals surface area contributed by atoms with E-state index in [4.69, 9.17) is 11.6 Å². The average Bonchev–Trinajstić information content (AvgIpc) is 3.29. The Morgan fingerprint density at radius 1 is 1.08 bits per heavy atom. The molecule has 0 amide bonds. The summed E-state index contributed by atoms with van der Waals surface area (Å²) in [6, 6.07) is 12.7. The van der Waals surface area contributed by atoms with Crippen molar-refractivity contribution in [3.05, 3.63) is 59.1 Å². The average molecular weight is 414 g/mol. The maximum atomic E-state index is 13.0. The molecule has 1 aliphatic carbocycles. The van der Waals surface area contributed by atoms with Gasteiger partial charge in [0, 0.05) is 6.26 Å². The van der Waals surface area contributed by atoms with Crippen molar-refractivity contribution in [1.29, 1.82) is 0 Å². The molecule has 140 valence electrons. The van der Waals surface area contributed by atoms with E-state index in [1.165, 1.54) is 12.1 Å². The lowest BCUT2D eigenvalue weighted by Gasteiger charge is -2.20. The number of rotatable bonds is 6. The Hall–Kier alpha value is -1.41. The molecule has 3 atom stereocenters. The molecule has 3 rings (SSSR count). The van der Waals surface area contributed by atoms with Gasteiger partial charge in [-0.1, -0.05) is 48.9 Å². The van der Waals surface area contributed by atoms with E-state index in [1.807, 2.05) is 30.3 Å². The summed E-state index contributed by atoms with van der Waals surface area (Å²) in [5.41, 5.74) is 0.876. The molecule has 2 aromatic rings. The van der Waals surface area contributed by atoms with Crippen LogP contribution in [0.1, 0.15) is 24.9 Å². The van der Waals surface area contributed by atoms with E-state index in [0.717, 1.165) is 24.3 Å². The number of hydrogen-bond acceptors (Lipinski definition) is 4. The molecule has 0 bridgehead atoms. The van der Waals surface area contributed by atoms with Gasteiger partial charge in [-0.3, -0.25) is 0 Å². The minimum absolute atomic E-state index is 0.0134. The topological polar surface area (TPSA) is 80.3 Å². The third-order valence-electron chi connectivity index (χ3n) is 4.66. The van der Waals surface area contributed by atoms with Crippen molar-refractivity contribution in [3.63, 3.8) is 0 Å². The predicted octanol–water partition coefficient (Wildman–Crippen LogP) is 3.42. The normalized spacial score (nSPS) is 21.3. The van der Waals surface area contributed by atoms with Gasteiger partial charge in [0.25, 0.3) is 0 Å². The first kappa shape index (κ1) is 19.4. The Kier molecular flexibility index (Phi) is 5.18.